The van der Waals surface area contributed by atoms with E-state index in [2.05, 4.69) is 0 Å². The molecular weight excluding hydrogens is 406 g/mol. The molecule has 3 rings (SSSR count). The van der Waals surface area contributed by atoms with Gasteiger partial charge in [-0.25, -0.2) is 0 Å². The molecule has 1 saturated heterocycles. The summed E-state index contributed by atoms with van der Waals surface area (Å²) in [6.07, 6.45) is -0.00983. The number of carbonyl (C=O) groups excluding carboxylic acids is 2. The van der Waals surface area contributed by atoms with Crippen LogP contribution in [0.15, 0.2) is 54.1 Å². The third kappa shape index (κ3) is 4.35. The average molecular weight is 430 g/mol. The summed E-state index contributed by atoms with van der Waals surface area (Å²) in [5.41, 5.74) is 1.02. The number of aliphatic hydroxyl groups is 1. The minimum atomic E-state index is -0.761. The number of Topliss-reactive ketones (excluding diaryl/α,β-unsaturated/α-hetero) is 1. The molecule has 1 amide bonds. The summed E-state index contributed by atoms with van der Waals surface area (Å²) < 4.78 is 10.9. The number of nitrogens with zero attached hydrogens (tertiary/aromatic N) is 1. The van der Waals surface area contributed by atoms with E-state index < -0.39 is 17.7 Å². The molecule has 2 aromatic rings. The minimum absolute atomic E-state index is 0.00983. The number of hydrogen-bond donors (Lipinski definition) is 1. The van der Waals surface area contributed by atoms with Gasteiger partial charge in [-0.05, 0) is 43.7 Å². The van der Waals surface area contributed by atoms with Crippen molar-refractivity contribution in [1.82, 2.24) is 4.90 Å². The van der Waals surface area contributed by atoms with Gasteiger partial charge in [0.15, 0.2) is 0 Å². The molecular formula is C23H24ClNO5. The molecule has 1 atom stereocenters. The Bertz CT molecular complexity index is 968. The third-order valence-electron chi connectivity index (χ3n) is 4.87. The lowest BCUT2D eigenvalue weighted by Crippen LogP contribution is -2.33. The number of carbonyl (C=O) groups is 2. The van der Waals surface area contributed by atoms with E-state index >= 15 is 0 Å². The maximum absolute atomic E-state index is 13.0. The Hall–Kier alpha value is -2.83. The van der Waals surface area contributed by atoms with Gasteiger partial charge < -0.3 is 19.5 Å². The molecule has 0 bridgehead atoms. The van der Waals surface area contributed by atoms with E-state index in [1.807, 2.05) is 13.8 Å². The Morgan fingerprint density at radius 2 is 1.80 bits per heavy atom. The second-order valence-electron chi connectivity index (χ2n) is 7.16. The maximum Gasteiger partial charge on any atom is 0.295 e. The number of benzene rings is 2. The van der Waals surface area contributed by atoms with E-state index in [1.165, 1.54) is 12.0 Å². The van der Waals surface area contributed by atoms with Crippen LogP contribution in [-0.2, 0) is 14.3 Å². The lowest BCUT2D eigenvalue weighted by molar-refractivity contribution is -0.140. The number of rotatable bonds is 7. The van der Waals surface area contributed by atoms with E-state index in [-0.39, 0.29) is 30.6 Å². The maximum atomic E-state index is 13.0. The van der Waals surface area contributed by atoms with Crippen LogP contribution in [-0.4, -0.2) is 48.1 Å². The predicted octanol–water partition coefficient (Wildman–Crippen LogP) is 4.20. The third-order valence-corrected chi connectivity index (χ3v) is 5.12. The molecule has 0 aliphatic carbocycles. The van der Waals surface area contributed by atoms with Crippen molar-refractivity contribution >= 4 is 29.1 Å². The number of halogens is 1. The number of ketones is 1. The molecule has 1 heterocycles. The fourth-order valence-corrected chi connectivity index (χ4v) is 3.60. The molecule has 6 nitrogen and oxygen atoms in total. The van der Waals surface area contributed by atoms with Gasteiger partial charge in [0.1, 0.15) is 11.5 Å². The SMILES string of the molecule is COc1ccccc1/C(O)=C1/C(=O)C(=O)N(CCOC(C)C)C1c1ccc(Cl)cc1. The first-order valence-corrected chi connectivity index (χ1v) is 10.0. The van der Waals surface area contributed by atoms with Crippen LogP contribution < -0.4 is 4.74 Å². The molecule has 158 valence electrons. The Labute approximate surface area is 180 Å². The zero-order chi connectivity index (χ0) is 21.8. The number of hydrogen-bond acceptors (Lipinski definition) is 5. The van der Waals surface area contributed by atoms with Crippen molar-refractivity contribution in [3.05, 3.63) is 70.3 Å². The van der Waals surface area contributed by atoms with Crippen molar-refractivity contribution in [3.8, 4) is 5.75 Å². The fourth-order valence-electron chi connectivity index (χ4n) is 3.47. The second kappa shape index (κ2) is 9.32. The average Bonchev–Trinajstić information content (AvgIpc) is 2.98. The number of likely N-dealkylation sites (tertiary alicyclic amines) is 1. The van der Waals surface area contributed by atoms with Gasteiger partial charge in [-0.15, -0.1) is 0 Å². The van der Waals surface area contributed by atoms with E-state index in [9.17, 15) is 14.7 Å². The predicted molar refractivity (Wildman–Crippen MR) is 115 cm³/mol. The van der Waals surface area contributed by atoms with Crippen LogP contribution >= 0.6 is 11.6 Å². The number of ether oxygens (including phenoxy) is 2. The van der Waals surface area contributed by atoms with Gasteiger partial charge in [-0.1, -0.05) is 35.9 Å². The number of aliphatic hydroxyl groups excluding tert-OH is 1. The molecule has 1 unspecified atom stereocenters. The number of amides is 1. The van der Waals surface area contributed by atoms with E-state index in [4.69, 9.17) is 21.1 Å². The topological polar surface area (TPSA) is 76.1 Å². The first-order valence-electron chi connectivity index (χ1n) is 9.64. The fraction of sp³-hybridized carbons (Fsp3) is 0.304. The van der Waals surface area contributed by atoms with Gasteiger partial charge in [-0.3, -0.25) is 9.59 Å². The van der Waals surface area contributed by atoms with Crippen LogP contribution in [0.1, 0.15) is 31.0 Å². The Morgan fingerprint density at radius 3 is 2.43 bits per heavy atom. The van der Waals surface area contributed by atoms with Gasteiger partial charge in [0.05, 0.1) is 37.0 Å². The zero-order valence-electron chi connectivity index (χ0n) is 17.1. The largest absolute Gasteiger partial charge is 0.507 e. The van der Waals surface area contributed by atoms with Crippen molar-refractivity contribution in [2.75, 3.05) is 20.3 Å². The Kier molecular flexibility index (Phi) is 6.80. The zero-order valence-corrected chi connectivity index (χ0v) is 17.8. The minimum Gasteiger partial charge on any atom is -0.507 e. The van der Waals surface area contributed by atoms with Crippen LogP contribution in [0.25, 0.3) is 5.76 Å². The van der Waals surface area contributed by atoms with Crippen LogP contribution in [0.3, 0.4) is 0 Å². The number of methoxy groups -OCH3 is 1. The summed E-state index contributed by atoms with van der Waals surface area (Å²) >= 11 is 6.02. The highest BCUT2D eigenvalue weighted by Gasteiger charge is 2.46. The van der Waals surface area contributed by atoms with Crippen molar-refractivity contribution in [2.45, 2.75) is 26.0 Å². The first kappa shape index (κ1) is 21.9. The molecule has 2 aromatic carbocycles. The lowest BCUT2D eigenvalue weighted by Gasteiger charge is -2.25. The van der Waals surface area contributed by atoms with Crippen molar-refractivity contribution in [3.63, 3.8) is 0 Å². The molecule has 30 heavy (non-hydrogen) atoms. The highest BCUT2D eigenvalue weighted by Crippen LogP contribution is 2.40. The highest BCUT2D eigenvalue weighted by molar-refractivity contribution is 6.46. The van der Waals surface area contributed by atoms with Gasteiger partial charge >= 0.3 is 0 Å². The highest BCUT2D eigenvalue weighted by atomic mass is 35.5. The van der Waals surface area contributed by atoms with Crippen LogP contribution in [0.4, 0.5) is 0 Å². The monoisotopic (exact) mass is 429 g/mol. The molecule has 1 aliphatic heterocycles. The molecule has 0 spiro atoms. The second-order valence-corrected chi connectivity index (χ2v) is 7.60. The Morgan fingerprint density at radius 1 is 1.13 bits per heavy atom. The lowest BCUT2D eigenvalue weighted by atomic mass is 9.95. The van der Waals surface area contributed by atoms with Crippen molar-refractivity contribution in [2.24, 2.45) is 0 Å². The van der Waals surface area contributed by atoms with Gasteiger partial charge in [0.25, 0.3) is 11.7 Å². The summed E-state index contributed by atoms with van der Waals surface area (Å²) in [5, 5.41) is 11.6. The molecule has 0 radical (unpaired) electrons. The quantitative estimate of drug-likeness (QED) is 0.405. The summed E-state index contributed by atoms with van der Waals surface area (Å²) in [7, 11) is 1.48. The Balaban J connectivity index is 2.12. The van der Waals surface area contributed by atoms with E-state index in [0.29, 0.717) is 21.9 Å². The first-order chi connectivity index (χ1) is 14.3. The van der Waals surface area contributed by atoms with E-state index in [1.54, 1.807) is 48.5 Å². The molecule has 7 heteroatoms. The van der Waals surface area contributed by atoms with Crippen molar-refractivity contribution in [1.29, 1.82) is 0 Å². The van der Waals surface area contributed by atoms with Gasteiger partial charge in [0.2, 0.25) is 0 Å². The van der Waals surface area contributed by atoms with Gasteiger partial charge in [0, 0.05) is 11.6 Å². The normalized spacial score (nSPS) is 18.3. The molecule has 0 saturated carbocycles. The van der Waals surface area contributed by atoms with Crippen LogP contribution in [0, 0.1) is 0 Å². The number of para-hydroxylation sites is 1. The summed E-state index contributed by atoms with van der Waals surface area (Å²) in [4.78, 5) is 27.2. The molecule has 0 aromatic heterocycles. The van der Waals surface area contributed by atoms with Crippen LogP contribution in [0.5, 0.6) is 5.75 Å². The summed E-state index contributed by atoms with van der Waals surface area (Å²) in [6, 6.07) is 12.9. The summed E-state index contributed by atoms with van der Waals surface area (Å²) in [6.45, 7) is 4.27. The standard InChI is InChI=1S/C23H24ClNO5/c1-14(2)30-13-12-25-20(15-8-10-16(24)11-9-15)19(22(27)23(25)28)21(26)17-6-4-5-7-18(17)29-3/h4-11,14,20,26H,12-13H2,1-3H3/b21-19-. The molecule has 1 aliphatic rings. The van der Waals surface area contributed by atoms with Gasteiger partial charge in [-0.2, -0.15) is 0 Å². The van der Waals surface area contributed by atoms with Crippen LogP contribution in [0.2, 0.25) is 5.02 Å². The smallest absolute Gasteiger partial charge is 0.295 e. The molecule has 1 fully saturated rings. The van der Waals surface area contributed by atoms with E-state index in [0.717, 1.165) is 0 Å². The molecule has 1 N–H and O–H groups in total. The summed E-state index contributed by atoms with van der Waals surface area (Å²) in [5.74, 6) is -1.31. The van der Waals surface area contributed by atoms with Crippen molar-refractivity contribution < 1.29 is 24.2 Å².